The molecule has 2 amide bonds. The topological polar surface area (TPSA) is 55.8 Å². The number of ether oxygens (including phenoxy) is 2. The second kappa shape index (κ2) is 9.70. The molecule has 3 aromatic rings. The number of hydrogen-bond acceptors (Lipinski definition) is 5. The lowest BCUT2D eigenvalue weighted by Crippen LogP contribution is -2.27. The van der Waals surface area contributed by atoms with E-state index >= 15 is 0 Å². The molecule has 0 aliphatic carbocycles. The van der Waals surface area contributed by atoms with Crippen LogP contribution in [0.4, 0.5) is 9.18 Å². The highest BCUT2D eigenvalue weighted by molar-refractivity contribution is 8.18. The number of imide groups is 1. The van der Waals surface area contributed by atoms with Crippen molar-refractivity contribution in [2.24, 2.45) is 0 Å². The number of methoxy groups -OCH3 is 1. The summed E-state index contributed by atoms with van der Waals surface area (Å²) in [4.78, 5) is 26.6. The number of halogens is 1. The van der Waals surface area contributed by atoms with E-state index in [2.05, 4.69) is 0 Å². The summed E-state index contributed by atoms with van der Waals surface area (Å²) in [6.45, 7) is 0.497. The lowest BCUT2D eigenvalue weighted by atomic mass is 10.1. The maximum absolute atomic E-state index is 13.1. The van der Waals surface area contributed by atoms with Crippen LogP contribution >= 0.6 is 11.8 Å². The van der Waals surface area contributed by atoms with Gasteiger partial charge in [-0.15, -0.1) is 0 Å². The van der Waals surface area contributed by atoms with Gasteiger partial charge in [-0.05, 0) is 58.8 Å². The molecule has 32 heavy (non-hydrogen) atoms. The smallest absolute Gasteiger partial charge is 0.293 e. The van der Waals surface area contributed by atoms with Crippen LogP contribution in [0.2, 0.25) is 0 Å². The van der Waals surface area contributed by atoms with Gasteiger partial charge in [-0.25, -0.2) is 4.39 Å². The molecule has 7 heteroatoms. The number of amides is 2. The Labute approximate surface area is 189 Å². The van der Waals surface area contributed by atoms with Crippen LogP contribution in [-0.2, 0) is 17.9 Å². The highest BCUT2D eigenvalue weighted by atomic mass is 32.2. The van der Waals surface area contributed by atoms with E-state index in [-0.39, 0.29) is 23.5 Å². The number of thioether (sulfide) groups is 1. The van der Waals surface area contributed by atoms with E-state index in [9.17, 15) is 14.0 Å². The van der Waals surface area contributed by atoms with Crippen molar-refractivity contribution in [1.29, 1.82) is 0 Å². The van der Waals surface area contributed by atoms with E-state index < -0.39 is 0 Å². The van der Waals surface area contributed by atoms with Crippen molar-refractivity contribution in [3.63, 3.8) is 0 Å². The monoisotopic (exact) mass is 449 g/mol. The third-order valence-electron chi connectivity index (χ3n) is 4.85. The zero-order chi connectivity index (χ0) is 22.5. The number of benzene rings is 3. The molecule has 4 rings (SSSR count). The minimum absolute atomic E-state index is 0.0951. The van der Waals surface area contributed by atoms with Gasteiger partial charge in [0.1, 0.15) is 12.4 Å². The maximum Gasteiger partial charge on any atom is 0.293 e. The molecule has 1 saturated heterocycles. The summed E-state index contributed by atoms with van der Waals surface area (Å²) in [6.07, 6.45) is 1.65. The number of carbonyl (C=O) groups is 2. The quantitative estimate of drug-likeness (QED) is 0.436. The van der Waals surface area contributed by atoms with Crippen molar-refractivity contribution in [2.75, 3.05) is 7.11 Å². The lowest BCUT2D eigenvalue weighted by Gasteiger charge is -2.12. The Morgan fingerprint density at radius 1 is 0.938 bits per heavy atom. The first kappa shape index (κ1) is 21.6. The Balaban J connectivity index is 1.48. The molecular weight excluding hydrogens is 429 g/mol. The van der Waals surface area contributed by atoms with Gasteiger partial charge >= 0.3 is 0 Å². The Hall–Kier alpha value is -3.58. The van der Waals surface area contributed by atoms with Crippen LogP contribution in [0.1, 0.15) is 16.7 Å². The van der Waals surface area contributed by atoms with Gasteiger partial charge < -0.3 is 9.47 Å². The fraction of sp³-hybridized carbons (Fsp3) is 0.120. The van der Waals surface area contributed by atoms with Gasteiger partial charge in [-0.1, -0.05) is 48.5 Å². The SMILES string of the molecule is COc1cc(/C=C2\SC(=O)N(Cc3ccc(F)cc3)C2=O)ccc1OCc1ccccc1. The van der Waals surface area contributed by atoms with Crippen molar-refractivity contribution >= 4 is 29.0 Å². The molecule has 0 bridgehead atoms. The van der Waals surface area contributed by atoms with Crippen LogP contribution in [0.15, 0.2) is 77.7 Å². The zero-order valence-electron chi connectivity index (χ0n) is 17.3. The van der Waals surface area contributed by atoms with E-state index in [4.69, 9.17) is 9.47 Å². The molecule has 0 unspecified atom stereocenters. The van der Waals surface area contributed by atoms with Gasteiger partial charge in [0.2, 0.25) is 0 Å². The molecule has 3 aromatic carbocycles. The normalized spacial score (nSPS) is 14.8. The van der Waals surface area contributed by atoms with Crippen molar-refractivity contribution in [1.82, 2.24) is 4.90 Å². The average molecular weight is 450 g/mol. The molecule has 0 aromatic heterocycles. The number of nitrogens with zero attached hydrogens (tertiary/aromatic N) is 1. The number of rotatable bonds is 7. The number of hydrogen-bond donors (Lipinski definition) is 0. The highest BCUT2D eigenvalue weighted by Gasteiger charge is 2.35. The summed E-state index contributed by atoms with van der Waals surface area (Å²) in [5, 5.41) is -0.361. The summed E-state index contributed by atoms with van der Waals surface area (Å²) in [5.41, 5.74) is 2.42. The minimum Gasteiger partial charge on any atom is -0.493 e. The van der Waals surface area contributed by atoms with E-state index in [0.29, 0.717) is 34.1 Å². The first-order chi connectivity index (χ1) is 15.5. The van der Waals surface area contributed by atoms with E-state index in [1.54, 1.807) is 43.5 Å². The molecule has 0 atom stereocenters. The Morgan fingerprint density at radius 3 is 2.41 bits per heavy atom. The third-order valence-corrected chi connectivity index (χ3v) is 5.76. The summed E-state index contributed by atoms with van der Waals surface area (Å²) < 4.78 is 24.4. The standard InChI is InChI=1S/C25H20FNO4S/c1-30-22-13-19(9-12-21(22)31-16-18-5-3-2-4-6-18)14-23-24(28)27(25(29)32-23)15-17-7-10-20(26)11-8-17/h2-14H,15-16H2,1H3/b23-14-. The summed E-state index contributed by atoms with van der Waals surface area (Å²) in [6, 6.07) is 20.8. The molecule has 0 spiro atoms. The van der Waals surface area contributed by atoms with Gasteiger partial charge in [-0.2, -0.15) is 0 Å². The second-order valence-electron chi connectivity index (χ2n) is 7.08. The van der Waals surface area contributed by atoms with Crippen molar-refractivity contribution < 1.29 is 23.5 Å². The highest BCUT2D eigenvalue weighted by Crippen LogP contribution is 2.35. The molecule has 0 saturated carbocycles. The molecule has 5 nitrogen and oxygen atoms in total. The summed E-state index contributed by atoms with van der Waals surface area (Å²) in [7, 11) is 1.55. The summed E-state index contributed by atoms with van der Waals surface area (Å²) in [5.74, 6) is 0.360. The van der Waals surface area contributed by atoms with Crippen LogP contribution in [0.5, 0.6) is 11.5 Å². The fourth-order valence-electron chi connectivity index (χ4n) is 3.19. The van der Waals surface area contributed by atoms with E-state index in [0.717, 1.165) is 22.2 Å². The predicted octanol–water partition coefficient (Wildman–Crippen LogP) is 5.65. The predicted molar refractivity (Wildman–Crippen MR) is 122 cm³/mol. The van der Waals surface area contributed by atoms with E-state index in [1.807, 2.05) is 30.3 Å². The zero-order valence-corrected chi connectivity index (χ0v) is 18.1. The fourth-order valence-corrected chi connectivity index (χ4v) is 4.03. The van der Waals surface area contributed by atoms with Gasteiger partial charge in [0.25, 0.3) is 11.1 Å². The van der Waals surface area contributed by atoms with E-state index in [1.165, 1.54) is 12.1 Å². The van der Waals surface area contributed by atoms with Gasteiger partial charge in [0, 0.05) is 0 Å². The maximum atomic E-state index is 13.1. The molecule has 162 valence electrons. The largest absolute Gasteiger partial charge is 0.493 e. The Kier molecular flexibility index (Phi) is 6.56. The van der Waals surface area contributed by atoms with Crippen LogP contribution in [0.3, 0.4) is 0 Å². The Bertz CT molecular complexity index is 1160. The number of carbonyl (C=O) groups excluding carboxylic acids is 2. The van der Waals surface area contributed by atoms with Gasteiger partial charge in [0.15, 0.2) is 11.5 Å². The molecule has 0 radical (unpaired) electrons. The third kappa shape index (κ3) is 5.00. The average Bonchev–Trinajstić information content (AvgIpc) is 3.07. The van der Waals surface area contributed by atoms with Crippen LogP contribution < -0.4 is 9.47 Å². The molecule has 1 aliphatic heterocycles. The van der Waals surface area contributed by atoms with Crippen molar-refractivity contribution in [3.05, 3.63) is 100 Å². The molecule has 1 heterocycles. The first-order valence-corrected chi connectivity index (χ1v) is 10.7. The molecular formula is C25H20FNO4S. The van der Waals surface area contributed by atoms with Gasteiger partial charge in [-0.3, -0.25) is 14.5 Å². The van der Waals surface area contributed by atoms with Crippen LogP contribution in [0.25, 0.3) is 6.08 Å². The molecule has 0 N–H and O–H groups in total. The van der Waals surface area contributed by atoms with Crippen LogP contribution in [0, 0.1) is 5.82 Å². The molecule has 1 fully saturated rings. The van der Waals surface area contributed by atoms with Crippen molar-refractivity contribution in [2.45, 2.75) is 13.2 Å². The minimum atomic E-state index is -0.382. The van der Waals surface area contributed by atoms with Crippen molar-refractivity contribution in [3.8, 4) is 11.5 Å². The first-order valence-electron chi connectivity index (χ1n) is 9.88. The van der Waals surface area contributed by atoms with Gasteiger partial charge in [0.05, 0.1) is 18.6 Å². The Morgan fingerprint density at radius 2 is 1.69 bits per heavy atom. The summed E-state index contributed by atoms with van der Waals surface area (Å²) >= 11 is 0.877. The lowest BCUT2D eigenvalue weighted by molar-refractivity contribution is -0.123. The molecule has 1 aliphatic rings. The van der Waals surface area contributed by atoms with Crippen LogP contribution in [-0.4, -0.2) is 23.2 Å². The second-order valence-corrected chi connectivity index (χ2v) is 8.07.